The molecule has 0 saturated heterocycles. The molecule has 1 aromatic carbocycles. The Balaban J connectivity index is 2.59. The van der Waals surface area contributed by atoms with E-state index < -0.39 is 10.0 Å². The van der Waals surface area contributed by atoms with Gasteiger partial charge in [0.15, 0.2) is 5.03 Å². The molecular formula is C10H11N3O2S. The molecular weight excluding hydrogens is 226 g/mol. The maximum atomic E-state index is 11.2. The van der Waals surface area contributed by atoms with Crippen LogP contribution in [0.3, 0.4) is 0 Å². The fourth-order valence-corrected chi connectivity index (χ4v) is 2.18. The summed E-state index contributed by atoms with van der Waals surface area (Å²) >= 11 is 0. The van der Waals surface area contributed by atoms with Crippen LogP contribution in [0.1, 0.15) is 0 Å². The number of rotatable bonds is 2. The van der Waals surface area contributed by atoms with Crippen LogP contribution in [0.4, 0.5) is 0 Å². The number of nitrogens with two attached hydrogens (primary N) is 1. The van der Waals surface area contributed by atoms with E-state index >= 15 is 0 Å². The van der Waals surface area contributed by atoms with Gasteiger partial charge in [-0.1, -0.05) is 30.3 Å². The second-order valence-corrected chi connectivity index (χ2v) is 4.90. The monoisotopic (exact) mass is 237 g/mol. The normalized spacial score (nSPS) is 11.6. The first-order valence-electron chi connectivity index (χ1n) is 4.60. The third-order valence-corrected chi connectivity index (χ3v) is 3.23. The molecule has 0 aliphatic carbocycles. The lowest BCUT2D eigenvalue weighted by molar-refractivity contribution is 0.588. The van der Waals surface area contributed by atoms with Crippen molar-refractivity contribution in [3.05, 3.63) is 36.5 Å². The highest BCUT2D eigenvalue weighted by molar-refractivity contribution is 7.89. The van der Waals surface area contributed by atoms with Crippen LogP contribution >= 0.6 is 0 Å². The van der Waals surface area contributed by atoms with E-state index in [-0.39, 0.29) is 5.03 Å². The molecule has 0 spiro atoms. The molecule has 84 valence electrons. The maximum Gasteiger partial charge on any atom is 0.255 e. The molecule has 0 radical (unpaired) electrons. The highest BCUT2D eigenvalue weighted by atomic mass is 32.2. The SMILES string of the molecule is Cn1c(S(N)(=O)=O)cnc1-c1ccccc1. The van der Waals surface area contributed by atoms with Crippen LogP contribution in [0.15, 0.2) is 41.6 Å². The molecule has 0 aliphatic heterocycles. The van der Waals surface area contributed by atoms with Crippen LogP contribution in [-0.4, -0.2) is 18.0 Å². The summed E-state index contributed by atoms with van der Waals surface area (Å²) in [6.07, 6.45) is 1.26. The van der Waals surface area contributed by atoms with Gasteiger partial charge < -0.3 is 4.57 Å². The molecule has 0 amide bonds. The van der Waals surface area contributed by atoms with Gasteiger partial charge in [0.05, 0.1) is 6.20 Å². The first-order valence-corrected chi connectivity index (χ1v) is 6.15. The minimum absolute atomic E-state index is 0.00588. The molecule has 0 bridgehead atoms. The molecule has 1 aromatic heterocycles. The van der Waals surface area contributed by atoms with E-state index in [0.717, 1.165) is 5.56 Å². The zero-order chi connectivity index (χ0) is 11.8. The lowest BCUT2D eigenvalue weighted by atomic mass is 10.2. The highest BCUT2D eigenvalue weighted by Crippen LogP contribution is 2.19. The third-order valence-electron chi connectivity index (χ3n) is 2.27. The molecule has 6 heteroatoms. The van der Waals surface area contributed by atoms with Crippen LogP contribution in [0.2, 0.25) is 0 Å². The van der Waals surface area contributed by atoms with Crippen LogP contribution in [0.5, 0.6) is 0 Å². The lowest BCUT2D eigenvalue weighted by Crippen LogP contribution is -2.16. The van der Waals surface area contributed by atoms with Crippen molar-refractivity contribution >= 4 is 10.0 Å². The van der Waals surface area contributed by atoms with Gasteiger partial charge in [-0.25, -0.2) is 18.5 Å². The Labute approximate surface area is 93.6 Å². The summed E-state index contributed by atoms with van der Waals surface area (Å²) < 4.78 is 23.9. The van der Waals surface area contributed by atoms with Crippen LogP contribution in [-0.2, 0) is 17.1 Å². The molecule has 2 rings (SSSR count). The summed E-state index contributed by atoms with van der Waals surface area (Å²) in [5.74, 6) is 0.574. The van der Waals surface area contributed by atoms with Gasteiger partial charge in [-0.3, -0.25) is 0 Å². The number of sulfonamides is 1. The molecule has 1 heterocycles. The molecule has 0 fully saturated rings. The summed E-state index contributed by atoms with van der Waals surface area (Å²) in [6, 6.07) is 9.32. The Morgan fingerprint density at radius 3 is 2.38 bits per heavy atom. The largest absolute Gasteiger partial charge is 0.317 e. The average Bonchev–Trinajstić information content (AvgIpc) is 2.61. The van der Waals surface area contributed by atoms with E-state index in [1.54, 1.807) is 7.05 Å². The Morgan fingerprint density at radius 2 is 1.88 bits per heavy atom. The second kappa shape index (κ2) is 3.73. The molecule has 0 unspecified atom stereocenters. The number of nitrogens with zero attached hydrogens (tertiary/aromatic N) is 2. The van der Waals surface area contributed by atoms with E-state index in [0.29, 0.717) is 5.82 Å². The van der Waals surface area contributed by atoms with Crippen molar-refractivity contribution < 1.29 is 8.42 Å². The minimum atomic E-state index is -3.72. The average molecular weight is 237 g/mol. The second-order valence-electron chi connectivity index (χ2n) is 3.39. The number of hydrogen-bond donors (Lipinski definition) is 1. The molecule has 5 nitrogen and oxygen atoms in total. The van der Waals surface area contributed by atoms with Crippen molar-refractivity contribution in [2.75, 3.05) is 0 Å². The lowest BCUT2D eigenvalue weighted by Gasteiger charge is -2.03. The predicted molar refractivity (Wildman–Crippen MR) is 60.0 cm³/mol. The summed E-state index contributed by atoms with van der Waals surface area (Å²) in [4.78, 5) is 4.06. The van der Waals surface area contributed by atoms with Gasteiger partial charge in [0, 0.05) is 12.6 Å². The zero-order valence-electron chi connectivity index (χ0n) is 8.66. The van der Waals surface area contributed by atoms with E-state index in [2.05, 4.69) is 4.98 Å². The zero-order valence-corrected chi connectivity index (χ0v) is 9.48. The van der Waals surface area contributed by atoms with Crippen molar-refractivity contribution in [1.29, 1.82) is 0 Å². The van der Waals surface area contributed by atoms with Gasteiger partial charge >= 0.3 is 0 Å². The van der Waals surface area contributed by atoms with Gasteiger partial charge in [0.2, 0.25) is 0 Å². The number of benzene rings is 1. The summed E-state index contributed by atoms with van der Waals surface area (Å²) in [7, 11) is -2.10. The highest BCUT2D eigenvalue weighted by Gasteiger charge is 2.16. The number of primary sulfonamides is 1. The molecule has 0 saturated carbocycles. The number of imidazole rings is 1. The van der Waals surface area contributed by atoms with E-state index in [1.165, 1.54) is 10.8 Å². The predicted octanol–water partition coefficient (Wildman–Crippen LogP) is 0.735. The summed E-state index contributed by atoms with van der Waals surface area (Å²) in [5.41, 5.74) is 0.847. The first-order chi connectivity index (χ1) is 7.50. The molecule has 16 heavy (non-hydrogen) atoms. The summed E-state index contributed by atoms with van der Waals surface area (Å²) in [6.45, 7) is 0. The van der Waals surface area contributed by atoms with E-state index in [1.807, 2.05) is 30.3 Å². The van der Waals surface area contributed by atoms with Crippen LogP contribution in [0, 0.1) is 0 Å². The Hall–Kier alpha value is -1.66. The minimum Gasteiger partial charge on any atom is -0.317 e. The van der Waals surface area contributed by atoms with E-state index in [9.17, 15) is 8.42 Å². The maximum absolute atomic E-state index is 11.2. The van der Waals surface area contributed by atoms with Crippen molar-refractivity contribution in [3.8, 4) is 11.4 Å². The van der Waals surface area contributed by atoms with Gasteiger partial charge in [0.25, 0.3) is 10.0 Å². The molecule has 0 atom stereocenters. The smallest absolute Gasteiger partial charge is 0.255 e. The standard InChI is InChI=1S/C10H11N3O2S/c1-13-9(16(11,14)15)7-12-10(13)8-5-3-2-4-6-8/h2-7H,1H3,(H2,11,14,15). The van der Waals surface area contributed by atoms with Gasteiger partial charge in [-0.2, -0.15) is 0 Å². The number of hydrogen-bond acceptors (Lipinski definition) is 3. The summed E-state index contributed by atoms with van der Waals surface area (Å²) in [5, 5.41) is 5.07. The van der Waals surface area contributed by atoms with Crippen molar-refractivity contribution in [3.63, 3.8) is 0 Å². The third kappa shape index (κ3) is 1.84. The Morgan fingerprint density at radius 1 is 1.25 bits per heavy atom. The molecule has 2 N–H and O–H groups in total. The van der Waals surface area contributed by atoms with Crippen LogP contribution < -0.4 is 5.14 Å². The first kappa shape index (κ1) is 10.8. The molecule has 2 aromatic rings. The fourth-order valence-electron chi connectivity index (χ4n) is 1.51. The topological polar surface area (TPSA) is 78.0 Å². The molecule has 0 aliphatic rings. The van der Waals surface area contributed by atoms with Gasteiger partial charge in [0.1, 0.15) is 5.82 Å². The Bertz CT molecular complexity index is 602. The fraction of sp³-hybridized carbons (Fsp3) is 0.100. The van der Waals surface area contributed by atoms with Gasteiger partial charge in [-0.05, 0) is 0 Å². The van der Waals surface area contributed by atoms with E-state index in [4.69, 9.17) is 5.14 Å². The van der Waals surface area contributed by atoms with Crippen molar-refractivity contribution in [2.45, 2.75) is 5.03 Å². The van der Waals surface area contributed by atoms with Crippen LogP contribution in [0.25, 0.3) is 11.4 Å². The van der Waals surface area contributed by atoms with Gasteiger partial charge in [-0.15, -0.1) is 0 Å². The van der Waals surface area contributed by atoms with Crippen molar-refractivity contribution in [1.82, 2.24) is 9.55 Å². The quantitative estimate of drug-likeness (QED) is 0.836. The number of aromatic nitrogens is 2. The van der Waals surface area contributed by atoms with Crippen molar-refractivity contribution in [2.24, 2.45) is 12.2 Å². The Kier molecular flexibility index (Phi) is 2.53.